The molecule has 2 aliphatic rings. The number of carbonyl (C=O) groups is 1. The molecule has 122 valence electrons. The number of aromatic nitrogens is 3. The highest BCUT2D eigenvalue weighted by Crippen LogP contribution is 2.32. The number of imidazole rings is 1. The minimum atomic E-state index is 0.0536. The van der Waals surface area contributed by atoms with Crippen LogP contribution < -0.4 is 5.32 Å². The van der Waals surface area contributed by atoms with Crippen molar-refractivity contribution in [3.05, 3.63) is 34.3 Å². The van der Waals surface area contributed by atoms with Crippen molar-refractivity contribution < 1.29 is 4.79 Å². The standard InChI is InChI=1S/C16H21N5OS/c22-16(20-11-4-5-12-13(9-11)19-10-18-12)21-7-2-1-3-14(21)15-17-6-8-23-15/h6,8,10-11,14H,1-5,7,9H2,(H,18,19)(H,20,22). The van der Waals surface area contributed by atoms with Crippen LogP contribution in [0.1, 0.15) is 48.1 Å². The van der Waals surface area contributed by atoms with E-state index in [0.717, 1.165) is 61.5 Å². The van der Waals surface area contributed by atoms with Crippen LogP contribution in [0.4, 0.5) is 4.79 Å². The van der Waals surface area contributed by atoms with Gasteiger partial charge in [0, 0.05) is 36.3 Å². The van der Waals surface area contributed by atoms with E-state index in [-0.39, 0.29) is 18.1 Å². The van der Waals surface area contributed by atoms with Crippen molar-refractivity contribution in [2.24, 2.45) is 0 Å². The van der Waals surface area contributed by atoms with Crippen molar-refractivity contribution in [2.45, 2.75) is 50.6 Å². The predicted molar refractivity (Wildman–Crippen MR) is 88.3 cm³/mol. The number of carbonyl (C=O) groups excluding carboxylic acids is 1. The molecule has 0 aromatic carbocycles. The highest BCUT2D eigenvalue weighted by atomic mass is 32.1. The summed E-state index contributed by atoms with van der Waals surface area (Å²) in [4.78, 5) is 26.7. The van der Waals surface area contributed by atoms with Gasteiger partial charge in [-0.1, -0.05) is 0 Å². The molecule has 2 amide bonds. The van der Waals surface area contributed by atoms with Crippen LogP contribution in [0, 0.1) is 0 Å². The molecule has 23 heavy (non-hydrogen) atoms. The second-order valence-electron chi connectivity index (χ2n) is 6.29. The maximum atomic E-state index is 12.8. The number of fused-ring (bicyclic) bond motifs is 1. The lowest BCUT2D eigenvalue weighted by molar-refractivity contribution is 0.147. The zero-order valence-corrected chi connectivity index (χ0v) is 13.8. The molecule has 2 atom stereocenters. The van der Waals surface area contributed by atoms with Crippen LogP contribution in [0.15, 0.2) is 17.9 Å². The van der Waals surface area contributed by atoms with Crippen LogP contribution >= 0.6 is 11.3 Å². The molecule has 1 fully saturated rings. The van der Waals surface area contributed by atoms with Gasteiger partial charge in [0.2, 0.25) is 0 Å². The van der Waals surface area contributed by atoms with Gasteiger partial charge in [-0.05, 0) is 32.1 Å². The number of thiazole rings is 1. The van der Waals surface area contributed by atoms with Crippen molar-refractivity contribution in [1.29, 1.82) is 0 Å². The Morgan fingerprint density at radius 1 is 1.35 bits per heavy atom. The van der Waals surface area contributed by atoms with Crippen molar-refractivity contribution in [2.75, 3.05) is 6.54 Å². The minimum Gasteiger partial charge on any atom is -0.348 e. The summed E-state index contributed by atoms with van der Waals surface area (Å²) in [6.45, 7) is 0.818. The number of H-pyrrole nitrogens is 1. The fourth-order valence-corrected chi connectivity index (χ4v) is 4.40. The van der Waals surface area contributed by atoms with Crippen molar-refractivity contribution in [3.63, 3.8) is 0 Å². The molecule has 4 rings (SSSR count). The summed E-state index contributed by atoms with van der Waals surface area (Å²) in [5.74, 6) is 0. The van der Waals surface area contributed by atoms with Gasteiger partial charge in [-0.2, -0.15) is 0 Å². The van der Waals surface area contributed by atoms with Crippen LogP contribution in [0.25, 0.3) is 0 Å². The molecular formula is C16H21N5OS. The summed E-state index contributed by atoms with van der Waals surface area (Å²) in [7, 11) is 0. The van der Waals surface area contributed by atoms with Gasteiger partial charge in [-0.15, -0.1) is 11.3 Å². The number of piperidine rings is 1. The van der Waals surface area contributed by atoms with Crippen molar-refractivity contribution >= 4 is 17.4 Å². The molecule has 2 aromatic rings. The molecular weight excluding hydrogens is 310 g/mol. The van der Waals surface area contributed by atoms with Gasteiger partial charge in [0.25, 0.3) is 0 Å². The zero-order chi connectivity index (χ0) is 15.6. The second-order valence-corrected chi connectivity index (χ2v) is 7.22. The van der Waals surface area contributed by atoms with E-state index in [9.17, 15) is 4.79 Å². The lowest BCUT2D eigenvalue weighted by Crippen LogP contribution is -2.49. The number of likely N-dealkylation sites (tertiary alicyclic amines) is 1. The first kappa shape index (κ1) is 14.7. The molecule has 1 saturated heterocycles. The normalized spacial score (nSPS) is 24.3. The van der Waals surface area contributed by atoms with E-state index in [1.54, 1.807) is 17.7 Å². The predicted octanol–water partition coefficient (Wildman–Crippen LogP) is 2.66. The Balaban J connectivity index is 1.43. The van der Waals surface area contributed by atoms with Gasteiger partial charge in [0.1, 0.15) is 5.01 Å². The van der Waals surface area contributed by atoms with E-state index in [2.05, 4.69) is 20.3 Å². The summed E-state index contributed by atoms with van der Waals surface area (Å²) in [5, 5.41) is 6.27. The lowest BCUT2D eigenvalue weighted by atomic mass is 9.96. The molecule has 0 spiro atoms. The Labute approximate surface area is 139 Å². The highest BCUT2D eigenvalue weighted by molar-refractivity contribution is 7.09. The fraction of sp³-hybridized carbons (Fsp3) is 0.562. The zero-order valence-electron chi connectivity index (χ0n) is 13.0. The molecule has 0 saturated carbocycles. The number of aryl methyl sites for hydroxylation is 1. The first-order chi connectivity index (χ1) is 11.3. The third kappa shape index (κ3) is 2.97. The molecule has 3 heterocycles. The molecule has 0 bridgehead atoms. The second kappa shape index (κ2) is 6.31. The van der Waals surface area contributed by atoms with E-state index < -0.39 is 0 Å². The molecule has 2 unspecified atom stereocenters. The molecule has 0 radical (unpaired) electrons. The lowest BCUT2D eigenvalue weighted by Gasteiger charge is -2.36. The molecule has 1 aliphatic carbocycles. The van der Waals surface area contributed by atoms with Gasteiger partial charge in [-0.3, -0.25) is 0 Å². The van der Waals surface area contributed by atoms with Gasteiger partial charge < -0.3 is 15.2 Å². The molecule has 2 N–H and O–H groups in total. The number of nitrogens with zero attached hydrogens (tertiary/aromatic N) is 3. The average Bonchev–Trinajstić information content (AvgIpc) is 3.26. The maximum Gasteiger partial charge on any atom is 0.318 e. The number of hydrogen-bond acceptors (Lipinski definition) is 4. The molecule has 7 heteroatoms. The SMILES string of the molecule is O=C(NC1CCc2nc[nH]c2C1)N1CCCCC1c1nccs1. The Morgan fingerprint density at radius 2 is 2.30 bits per heavy atom. The Hall–Kier alpha value is -1.89. The minimum absolute atomic E-state index is 0.0536. The highest BCUT2D eigenvalue weighted by Gasteiger charge is 2.31. The monoisotopic (exact) mass is 331 g/mol. The number of hydrogen-bond donors (Lipinski definition) is 2. The topological polar surface area (TPSA) is 73.9 Å². The van der Waals surface area contributed by atoms with Gasteiger partial charge >= 0.3 is 6.03 Å². The number of aromatic amines is 1. The maximum absolute atomic E-state index is 12.8. The molecule has 6 nitrogen and oxygen atoms in total. The van der Waals surface area contributed by atoms with E-state index in [0.29, 0.717) is 0 Å². The van der Waals surface area contributed by atoms with E-state index in [4.69, 9.17) is 0 Å². The summed E-state index contributed by atoms with van der Waals surface area (Å²) >= 11 is 1.64. The number of urea groups is 1. The van der Waals surface area contributed by atoms with Crippen molar-refractivity contribution in [3.8, 4) is 0 Å². The van der Waals surface area contributed by atoms with Crippen molar-refractivity contribution in [1.82, 2.24) is 25.2 Å². The number of nitrogens with one attached hydrogen (secondary N) is 2. The molecule has 1 aliphatic heterocycles. The Kier molecular flexibility index (Phi) is 4.03. The third-order valence-corrected chi connectivity index (χ3v) is 5.69. The van der Waals surface area contributed by atoms with E-state index in [1.165, 1.54) is 0 Å². The summed E-state index contributed by atoms with van der Waals surface area (Å²) in [6, 6.07) is 0.377. The number of rotatable bonds is 2. The third-order valence-electron chi connectivity index (χ3n) is 4.82. The van der Waals surface area contributed by atoms with Gasteiger partial charge in [-0.25, -0.2) is 14.8 Å². The van der Waals surface area contributed by atoms with Crippen LogP contribution in [-0.4, -0.2) is 38.5 Å². The summed E-state index contributed by atoms with van der Waals surface area (Å²) in [5.41, 5.74) is 2.31. The van der Waals surface area contributed by atoms with Crippen LogP contribution in [0.5, 0.6) is 0 Å². The summed E-state index contributed by atoms with van der Waals surface area (Å²) in [6.07, 6.45) is 9.55. The average molecular weight is 331 g/mol. The summed E-state index contributed by atoms with van der Waals surface area (Å²) < 4.78 is 0. The Bertz CT molecular complexity index is 668. The van der Waals surface area contributed by atoms with Gasteiger partial charge in [0.15, 0.2) is 0 Å². The van der Waals surface area contributed by atoms with Gasteiger partial charge in [0.05, 0.1) is 18.1 Å². The molecule has 2 aromatic heterocycles. The Morgan fingerprint density at radius 3 is 3.17 bits per heavy atom. The van der Waals surface area contributed by atoms with Crippen LogP contribution in [0.3, 0.4) is 0 Å². The largest absolute Gasteiger partial charge is 0.348 e. The van der Waals surface area contributed by atoms with Crippen LogP contribution in [-0.2, 0) is 12.8 Å². The number of amides is 2. The van der Waals surface area contributed by atoms with E-state index in [1.807, 2.05) is 16.5 Å². The fourth-order valence-electron chi connectivity index (χ4n) is 3.61. The first-order valence-corrected chi connectivity index (χ1v) is 9.17. The quantitative estimate of drug-likeness (QED) is 0.888. The smallest absolute Gasteiger partial charge is 0.318 e. The van der Waals surface area contributed by atoms with Crippen LogP contribution in [0.2, 0.25) is 0 Å². The first-order valence-electron chi connectivity index (χ1n) is 8.29. The van der Waals surface area contributed by atoms with E-state index >= 15 is 0 Å².